The van der Waals surface area contributed by atoms with E-state index in [0.29, 0.717) is 34.2 Å². The van der Waals surface area contributed by atoms with E-state index in [-0.39, 0.29) is 18.3 Å². The Balaban J connectivity index is 1.89. The minimum absolute atomic E-state index is 0.0654. The van der Waals surface area contributed by atoms with Gasteiger partial charge < -0.3 is 14.8 Å². The first kappa shape index (κ1) is 17.8. The highest BCUT2D eigenvalue weighted by atomic mass is 35.5. The lowest BCUT2D eigenvalue weighted by Crippen LogP contribution is -2.20. The topological polar surface area (TPSA) is 64.6 Å². The first-order chi connectivity index (χ1) is 11.5. The summed E-state index contributed by atoms with van der Waals surface area (Å²) in [7, 11) is 1.52. The lowest BCUT2D eigenvalue weighted by atomic mass is 10.1. The maximum atomic E-state index is 11.9. The van der Waals surface area contributed by atoms with Crippen LogP contribution >= 0.6 is 11.6 Å². The number of carbonyl (C=O) groups is 2. The first-order valence-electron chi connectivity index (χ1n) is 7.43. The van der Waals surface area contributed by atoms with Crippen LogP contribution in [-0.4, -0.2) is 25.4 Å². The molecule has 0 radical (unpaired) electrons. The largest absolute Gasteiger partial charge is 0.495 e. The Bertz CT molecular complexity index is 728. The van der Waals surface area contributed by atoms with Gasteiger partial charge in [-0.2, -0.15) is 0 Å². The zero-order chi connectivity index (χ0) is 17.5. The molecule has 24 heavy (non-hydrogen) atoms. The SMILES string of the molecule is CCC(=O)c1ccc(OCC(=O)Nc2ccc(OC)c(Cl)c2)cc1. The van der Waals surface area contributed by atoms with Gasteiger partial charge in [-0.15, -0.1) is 0 Å². The number of rotatable bonds is 7. The summed E-state index contributed by atoms with van der Waals surface area (Å²) in [5.74, 6) is 0.804. The fraction of sp³-hybridized carbons (Fsp3) is 0.222. The number of anilines is 1. The molecule has 0 saturated heterocycles. The van der Waals surface area contributed by atoms with Crippen LogP contribution < -0.4 is 14.8 Å². The van der Waals surface area contributed by atoms with Gasteiger partial charge in [0.05, 0.1) is 12.1 Å². The molecule has 5 nitrogen and oxygen atoms in total. The van der Waals surface area contributed by atoms with Crippen molar-refractivity contribution in [3.8, 4) is 11.5 Å². The van der Waals surface area contributed by atoms with Crippen LogP contribution in [0.2, 0.25) is 5.02 Å². The van der Waals surface area contributed by atoms with Gasteiger partial charge in [-0.25, -0.2) is 0 Å². The smallest absolute Gasteiger partial charge is 0.262 e. The lowest BCUT2D eigenvalue weighted by Gasteiger charge is -2.09. The van der Waals surface area contributed by atoms with E-state index < -0.39 is 0 Å². The van der Waals surface area contributed by atoms with Gasteiger partial charge >= 0.3 is 0 Å². The normalized spacial score (nSPS) is 10.1. The van der Waals surface area contributed by atoms with Gasteiger partial charge in [0.15, 0.2) is 12.4 Å². The van der Waals surface area contributed by atoms with E-state index in [1.54, 1.807) is 42.5 Å². The predicted molar refractivity (Wildman–Crippen MR) is 93.2 cm³/mol. The standard InChI is InChI=1S/C18H18ClNO4/c1-3-16(21)12-4-7-14(8-5-12)24-11-18(22)20-13-6-9-17(23-2)15(19)10-13/h4-10H,3,11H2,1-2H3,(H,20,22). The number of amides is 1. The van der Waals surface area contributed by atoms with E-state index >= 15 is 0 Å². The van der Waals surface area contributed by atoms with Gasteiger partial charge in [-0.05, 0) is 42.5 Å². The molecule has 0 unspecified atom stereocenters. The Labute approximate surface area is 145 Å². The molecule has 1 amide bonds. The van der Waals surface area contributed by atoms with Crippen molar-refractivity contribution < 1.29 is 19.1 Å². The van der Waals surface area contributed by atoms with Crippen molar-refractivity contribution in [2.45, 2.75) is 13.3 Å². The van der Waals surface area contributed by atoms with Crippen molar-refractivity contribution in [2.75, 3.05) is 19.0 Å². The Hall–Kier alpha value is -2.53. The molecule has 1 N–H and O–H groups in total. The van der Waals surface area contributed by atoms with Crippen LogP contribution in [0.15, 0.2) is 42.5 Å². The predicted octanol–water partition coefficient (Wildman–Crippen LogP) is 3.96. The summed E-state index contributed by atoms with van der Waals surface area (Å²) >= 11 is 6.00. The summed E-state index contributed by atoms with van der Waals surface area (Å²) in [5.41, 5.74) is 1.18. The number of ether oxygens (including phenoxy) is 2. The van der Waals surface area contributed by atoms with Crippen LogP contribution in [0.3, 0.4) is 0 Å². The van der Waals surface area contributed by atoms with Crippen LogP contribution in [-0.2, 0) is 4.79 Å². The number of ketones is 1. The van der Waals surface area contributed by atoms with Gasteiger partial charge in [0.1, 0.15) is 11.5 Å². The van der Waals surface area contributed by atoms with E-state index in [1.165, 1.54) is 7.11 Å². The Morgan fingerprint density at radius 2 is 1.83 bits per heavy atom. The number of Topliss-reactive ketones (excluding diaryl/α,β-unsaturated/α-hetero) is 1. The number of hydrogen-bond donors (Lipinski definition) is 1. The third-order valence-corrected chi connectivity index (χ3v) is 3.60. The highest BCUT2D eigenvalue weighted by Crippen LogP contribution is 2.27. The number of hydrogen-bond acceptors (Lipinski definition) is 4. The summed E-state index contributed by atoms with van der Waals surface area (Å²) in [4.78, 5) is 23.5. The molecule has 6 heteroatoms. The van der Waals surface area contributed by atoms with Crippen molar-refractivity contribution in [1.29, 1.82) is 0 Å². The van der Waals surface area contributed by atoms with Crippen molar-refractivity contribution in [3.63, 3.8) is 0 Å². The van der Waals surface area contributed by atoms with Gasteiger partial charge in [0, 0.05) is 17.7 Å². The minimum Gasteiger partial charge on any atom is -0.495 e. The highest BCUT2D eigenvalue weighted by molar-refractivity contribution is 6.32. The average molecular weight is 348 g/mol. The summed E-state index contributed by atoms with van der Waals surface area (Å²) in [6.07, 6.45) is 0.451. The molecule has 2 rings (SSSR count). The average Bonchev–Trinajstić information content (AvgIpc) is 2.60. The van der Waals surface area contributed by atoms with Crippen molar-refractivity contribution in [2.24, 2.45) is 0 Å². The Morgan fingerprint density at radius 3 is 2.42 bits per heavy atom. The molecule has 0 aliphatic heterocycles. The van der Waals surface area contributed by atoms with Gasteiger partial charge in [-0.1, -0.05) is 18.5 Å². The second-order valence-electron chi connectivity index (χ2n) is 4.99. The van der Waals surface area contributed by atoms with Crippen molar-refractivity contribution in [3.05, 3.63) is 53.1 Å². The van der Waals surface area contributed by atoms with E-state index in [4.69, 9.17) is 21.1 Å². The second kappa shape index (κ2) is 8.36. The second-order valence-corrected chi connectivity index (χ2v) is 5.39. The summed E-state index contributed by atoms with van der Waals surface area (Å²) in [6, 6.07) is 11.7. The molecule has 0 spiro atoms. The number of nitrogens with one attached hydrogen (secondary N) is 1. The monoisotopic (exact) mass is 347 g/mol. The number of benzene rings is 2. The van der Waals surface area contributed by atoms with E-state index in [2.05, 4.69) is 5.32 Å². The quantitative estimate of drug-likeness (QED) is 0.770. The van der Waals surface area contributed by atoms with Crippen LogP contribution in [0.1, 0.15) is 23.7 Å². The fourth-order valence-electron chi connectivity index (χ4n) is 2.03. The third-order valence-electron chi connectivity index (χ3n) is 3.30. The van der Waals surface area contributed by atoms with Crippen molar-refractivity contribution in [1.82, 2.24) is 0 Å². The van der Waals surface area contributed by atoms with Crippen LogP contribution in [0.4, 0.5) is 5.69 Å². The van der Waals surface area contributed by atoms with Crippen LogP contribution in [0, 0.1) is 0 Å². The maximum absolute atomic E-state index is 11.9. The first-order valence-corrected chi connectivity index (χ1v) is 7.80. The molecule has 2 aromatic carbocycles. The van der Waals surface area contributed by atoms with Gasteiger partial charge in [0.2, 0.25) is 0 Å². The fourth-order valence-corrected chi connectivity index (χ4v) is 2.29. The zero-order valence-electron chi connectivity index (χ0n) is 13.5. The van der Waals surface area contributed by atoms with Crippen molar-refractivity contribution >= 4 is 29.0 Å². The molecule has 0 atom stereocenters. The molecule has 0 heterocycles. The lowest BCUT2D eigenvalue weighted by molar-refractivity contribution is -0.118. The number of halogens is 1. The minimum atomic E-state index is -0.315. The summed E-state index contributed by atoms with van der Waals surface area (Å²) < 4.78 is 10.5. The molecular weight excluding hydrogens is 330 g/mol. The van der Waals surface area contributed by atoms with Gasteiger partial charge in [0.25, 0.3) is 5.91 Å². The molecule has 0 saturated carbocycles. The Kier molecular flexibility index (Phi) is 6.21. The third kappa shape index (κ3) is 4.73. The van der Waals surface area contributed by atoms with Crippen LogP contribution in [0.25, 0.3) is 0 Å². The molecule has 126 valence electrons. The maximum Gasteiger partial charge on any atom is 0.262 e. The molecule has 0 aromatic heterocycles. The van der Waals surface area contributed by atoms with E-state index in [0.717, 1.165) is 0 Å². The highest BCUT2D eigenvalue weighted by Gasteiger charge is 2.07. The van der Waals surface area contributed by atoms with E-state index in [1.807, 2.05) is 6.92 Å². The molecule has 0 bridgehead atoms. The number of methoxy groups -OCH3 is 1. The van der Waals surface area contributed by atoms with Crippen LogP contribution in [0.5, 0.6) is 11.5 Å². The molecule has 2 aromatic rings. The number of carbonyl (C=O) groups excluding carboxylic acids is 2. The molecule has 0 aliphatic carbocycles. The van der Waals surface area contributed by atoms with E-state index in [9.17, 15) is 9.59 Å². The Morgan fingerprint density at radius 1 is 1.12 bits per heavy atom. The molecule has 0 aliphatic rings. The summed E-state index contributed by atoms with van der Waals surface area (Å²) in [6.45, 7) is 1.66. The zero-order valence-corrected chi connectivity index (χ0v) is 14.2. The summed E-state index contributed by atoms with van der Waals surface area (Å²) in [5, 5.41) is 3.09. The molecular formula is C18H18ClNO4. The molecule has 0 fully saturated rings. The van der Waals surface area contributed by atoms with Gasteiger partial charge in [-0.3, -0.25) is 9.59 Å².